The van der Waals surface area contributed by atoms with Crippen LogP contribution in [0.25, 0.3) is 0 Å². The van der Waals surface area contributed by atoms with E-state index in [0.717, 1.165) is 10.6 Å². The predicted octanol–water partition coefficient (Wildman–Crippen LogP) is 2.60. The van der Waals surface area contributed by atoms with Crippen LogP contribution >= 0.6 is 0 Å². The van der Waals surface area contributed by atoms with Gasteiger partial charge in [0.15, 0.2) is 0 Å². The predicted molar refractivity (Wildman–Crippen MR) is 77.2 cm³/mol. The topological polar surface area (TPSA) is 55.8 Å². The van der Waals surface area contributed by atoms with Crippen molar-refractivity contribution in [1.29, 1.82) is 0 Å². The summed E-state index contributed by atoms with van der Waals surface area (Å²) in [6.45, 7) is 7.29. The third-order valence-corrected chi connectivity index (χ3v) is 2.91. The molecule has 1 heterocycles. The number of nitrogens with zero attached hydrogens (tertiary/aromatic N) is 1. The van der Waals surface area contributed by atoms with Gasteiger partial charge in [0.05, 0.1) is 5.41 Å². The van der Waals surface area contributed by atoms with Crippen molar-refractivity contribution in [2.75, 3.05) is 6.54 Å². The lowest BCUT2D eigenvalue weighted by atomic mass is 9.98. The van der Waals surface area contributed by atoms with Gasteiger partial charge in [-0.05, 0) is 39.8 Å². The number of carbonyl (C=O) groups excluding carboxylic acids is 2. The zero-order chi connectivity index (χ0) is 15.6. The first-order valence-electron chi connectivity index (χ1n) is 6.75. The van der Waals surface area contributed by atoms with Gasteiger partial charge >= 0.3 is 5.97 Å². The van der Waals surface area contributed by atoms with E-state index in [0.29, 0.717) is 11.5 Å². The maximum Gasteiger partial charge on any atom is 0.337 e. The molecule has 1 aromatic rings. The van der Waals surface area contributed by atoms with Gasteiger partial charge in [0.1, 0.15) is 18.1 Å². The normalized spacial score (nSPS) is 15.0. The Morgan fingerprint density at radius 3 is 2.38 bits per heavy atom. The Hall–Kier alpha value is -2.30. The van der Waals surface area contributed by atoms with E-state index in [9.17, 15) is 9.59 Å². The molecule has 5 heteroatoms. The van der Waals surface area contributed by atoms with Crippen molar-refractivity contribution < 1.29 is 19.2 Å². The highest BCUT2D eigenvalue weighted by molar-refractivity contribution is 5.91. The van der Waals surface area contributed by atoms with E-state index >= 15 is 0 Å². The van der Waals surface area contributed by atoms with Crippen molar-refractivity contribution in [2.24, 2.45) is 5.41 Å². The highest BCUT2D eigenvalue weighted by atomic mass is 16.7. The van der Waals surface area contributed by atoms with Gasteiger partial charge in [-0.2, -0.15) is 5.06 Å². The van der Waals surface area contributed by atoms with Gasteiger partial charge in [0, 0.05) is 6.08 Å². The first-order chi connectivity index (χ1) is 9.75. The number of rotatable bonds is 3. The third-order valence-electron chi connectivity index (χ3n) is 2.91. The van der Waals surface area contributed by atoms with Crippen molar-refractivity contribution in [3.05, 3.63) is 41.7 Å². The lowest BCUT2D eigenvalue weighted by Crippen LogP contribution is -2.35. The molecule has 0 spiro atoms. The molecule has 0 saturated carbocycles. The van der Waals surface area contributed by atoms with Gasteiger partial charge in [0.25, 0.3) is 5.91 Å². The summed E-state index contributed by atoms with van der Waals surface area (Å²) in [5.74, 6) is 0.241. The summed E-state index contributed by atoms with van der Waals surface area (Å²) in [7, 11) is 0. The Morgan fingerprint density at radius 2 is 1.81 bits per heavy atom. The molecule has 0 fully saturated rings. The Bertz CT molecular complexity index is 581. The third kappa shape index (κ3) is 3.84. The fourth-order valence-electron chi connectivity index (χ4n) is 1.61. The van der Waals surface area contributed by atoms with Crippen LogP contribution in [0, 0.1) is 12.3 Å². The summed E-state index contributed by atoms with van der Waals surface area (Å²) in [6.07, 6.45) is 1.33. The van der Waals surface area contributed by atoms with Crippen LogP contribution in [-0.4, -0.2) is 23.5 Å². The lowest BCUT2D eigenvalue weighted by molar-refractivity contribution is -0.199. The molecule has 0 radical (unpaired) electrons. The first kappa shape index (κ1) is 15.1. The second kappa shape index (κ2) is 5.60. The maximum atomic E-state index is 11.8. The molecule has 0 atom stereocenters. The van der Waals surface area contributed by atoms with Crippen molar-refractivity contribution in [1.82, 2.24) is 5.06 Å². The monoisotopic (exact) mass is 289 g/mol. The summed E-state index contributed by atoms with van der Waals surface area (Å²) >= 11 is 0. The van der Waals surface area contributed by atoms with Gasteiger partial charge in [-0.25, -0.2) is 4.79 Å². The Morgan fingerprint density at radius 1 is 1.19 bits per heavy atom. The van der Waals surface area contributed by atoms with Gasteiger partial charge in [-0.3, -0.25) is 4.79 Å². The smallest absolute Gasteiger partial charge is 0.337 e. The Labute approximate surface area is 124 Å². The molecule has 0 bridgehead atoms. The molecule has 0 N–H and O–H groups in total. The highest BCUT2D eigenvalue weighted by Gasteiger charge is 2.31. The minimum atomic E-state index is -0.666. The van der Waals surface area contributed by atoms with Crippen LogP contribution in [0.5, 0.6) is 5.75 Å². The second-order valence-corrected chi connectivity index (χ2v) is 6.03. The van der Waals surface area contributed by atoms with E-state index in [1.165, 1.54) is 6.08 Å². The minimum Gasteiger partial charge on any atom is -0.459 e. The highest BCUT2D eigenvalue weighted by Crippen LogP contribution is 2.21. The van der Waals surface area contributed by atoms with Crippen molar-refractivity contribution in [3.63, 3.8) is 0 Å². The Balaban J connectivity index is 1.97. The number of ether oxygens (including phenoxy) is 1. The maximum absolute atomic E-state index is 11.8. The van der Waals surface area contributed by atoms with E-state index in [4.69, 9.17) is 9.57 Å². The average molecular weight is 289 g/mol. The molecule has 1 aliphatic rings. The van der Waals surface area contributed by atoms with Gasteiger partial charge < -0.3 is 9.57 Å². The summed E-state index contributed by atoms with van der Waals surface area (Å²) in [5, 5.41) is 1.01. The number of benzene rings is 1. The van der Waals surface area contributed by atoms with Gasteiger partial charge in [0.2, 0.25) is 0 Å². The molecular weight excluding hydrogens is 270 g/mol. The van der Waals surface area contributed by atoms with Gasteiger partial charge in [-0.1, -0.05) is 17.7 Å². The number of carbonyl (C=O) groups is 2. The number of hydroxylamine groups is 2. The van der Waals surface area contributed by atoms with Crippen LogP contribution in [0.15, 0.2) is 36.1 Å². The number of hydrogen-bond donors (Lipinski definition) is 0. The molecular formula is C16H19NO4. The quantitative estimate of drug-likeness (QED) is 0.858. The summed E-state index contributed by atoms with van der Waals surface area (Å²) in [6, 6.07) is 7.49. The Kier molecular flexibility index (Phi) is 4.02. The van der Waals surface area contributed by atoms with Crippen LogP contribution < -0.4 is 4.74 Å². The molecule has 0 aromatic heterocycles. The SMILES string of the molecule is Cc1ccc(OC2=CC(=O)N(OC(=O)C(C)(C)C)C2)cc1. The molecule has 21 heavy (non-hydrogen) atoms. The van der Waals surface area contributed by atoms with Crippen molar-refractivity contribution in [2.45, 2.75) is 27.7 Å². The molecule has 0 aliphatic carbocycles. The fraction of sp³-hybridized carbons (Fsp3) is 0.375. The van der Waals surface area contributed by atoms with E-state index in [2.05, 4.69) is 0 Å². The number of hydrogen-bond acceptors (Lipinski definition) is 4. The van der Waals surface area contributed by atoms with E-state index in [1.54, 1.807) is 20.8 Å². The zero-order valence-electron chi connectivity index (χ0n) is 12.7. The molecule has 0 saturated heterocycles. The van der Waals surface area contributed by atoms with Crippen molar-refractivity contribution >= 4 is 11.9 Å². The average Bonchev–Trinajstić information content (AvgIpc) is 2.71. The van der Waals surface area contributed by atoms with Crippen LogP contribution in [0.2, 0.25) is 0 Å². The largest absolute Gasteiger partial charge is 0.459 e. The summed E-state index contributed by atoms with van der Waals surface area (Å²) in [4.78, 5) is 28.7. The molecule has 2 rings (SSSR count). The van der Waals surface area contributed by atoms with E-state index in [-0.39, 0.29) is 6.54 Å². The molecule has 1 aromatic carbocycles. The van der Waals surface area contributed by atoms with Gasteiger partial charge in [-0.15, -0.1) is 0 Å². The minimum absolute atomic E-state index is 0.120. The second-order valence-electron chi connectivity index (χ2n) is 6.03. The number of amides is 1. The van der Waals surface area contributed by atoms with E-state index < -0.39 is 17.3 Å². The lowest BCUT2D eigenvalue weighted by Gasteiger charge is -2.21. The zero-order valence-corrected chi connectivity index (χ0v) is 12.7. The van der Waals surface area contributed by atoms with Crippen LogP contribution in [0.1, 0.15) is 26.3 Å². The summed E-state index contributed by atoms with van der Waals surface area (Å²) in [5.41, 5.74) is 0.459. The van der Waals surface area contributed by atoms with Crippen LogP contribution in [0.3, 0.4) is 0 Å². The summed E-state index contributed by atoms with van der Waals surface area (Å²) < 4.78 is 5.61. The molecule has 5 nitrogen and oxygen atoms in total. The molecule has 1 aliphatic heterocycles. The standard InChI is InChI=1S/C16H19NO4/c1-11-5-7-12(8-6-11)20-13-9-14(18)17(10-13)21-15(19)16(2,3)4/h5-9H,10H2,1-4H3. The molecule has 0 unspecified atom stereocenters. The molecule has 112 valence electrons. The van der Waals surface area contributed by atoms with E-state index in [1.807, 2.05) is 31.2 Å². The van der Waals surface area contributed by atoms with Crippen LogP contribution in [0.4, 0.5) is 0 Å². The fourth-order valence-corrected chi connectivity index (χ4v) is 1.61. The first-order valence-corrected chi connectivity index (χ1v) is 6.75. The molecule has 1 amide bonds. The van der Waals surface area contributed by atoms with Crippen molar-refractivity contribution in [3.8, 4) is 5.75 Å². The number of aryl methyl sites for hydroxylation is 1. The van der Waals surface area contributed by atoms with Crippen LogP contribution in [-0.2, 0) is 14.4 Å².